The molecule has 0 unspecified atom stereocenters. The molecule has 0 aliphatic rings. The summed E-state index contributed by atoms with van der Waals surface area (Å²) in [5, 5.41) is 11.6. The van der Waals surface area contributed by atoms with Crippen LogP contribution in [-0.4, -0.2) is 42.7 Å². The Bertz CT molecular complexity index is 360. The number of aliphatic hydroxyl groups is 1. The Hall–Kier alpha value is -1.39. The summed E-state index contributed by atoms with van der Waals surface area (Å²) >= 11 is 0. The lowest BCUT2D eigenvalue weighted by Crippen LogP contribution is -2.34. The maximum Gasteiger partial charge on any atom is 0.251 e. The molecule has 0 radical (unpaired) electrons. The van der Waals surface area contributed by atoms with Crippen molar-refractivity contribution >= 4 is 5.91 Å². The van der Waals surface area contributed by atoms with Crippen molar-refractivity contribution in [2.24, 2.45) is 0 Å². The number of hydrogen-bond donors (Lipinski definition) is 2. The molecule has 0 aliphatic heterocycles. The Balaban J connectivity index is 2.64. The van der Waals surface area contributed by atoms with E-state index in [1.165, 1.54) is 5.56 Å². The predicted octanol–water partition coefficient (Wildman–Crippen LogP) is 0.859. The first-order valence-electron chi connectivity index (χ1n) is 5.68. The van der Waals surface area contributed by atoms with E-state index in [1.54, 1.807) is 19.1 Å². The van der Waals surface area contributed by atoms with Gasteiger partial charge >= 0.3 is 0 Å². The fraction of sp³-hybridized carbons (Fsp3) is 0.462. The van der Waals surface area contributed by atoms with Gasteiger partial charge in [-0.05, 0) is 38.7 Å². The van der Waals surface area contributed by atoms with E-state index < -0.39 is 0 Å². The van der Waals surface area contributed by atoms with Gasteiger partial charge in [-0.1, -0.05) is 12.1 Å². The minimum atomic E-state index is -0.219. The topological polar surface area (TPSA) is 52.6 Å². The zero-order valence-electron chi connectivity index (χ0n) is 10.6. The molecule has 1 atom stereocenters. The summed E-state index contributed by atoms with van der Waals surface area (Å²) in [4.78, 5) is 13.8. The fourth-order valence-electron chi connectivity index (χ4n) is 1.48. The second-order valence-corrected chi connectivity index (χ2v) is 4.49. The molecule has 0 saturated carbocycles. The molecule has 0 aliphatic carbocycles. The van der Waals surface area contributed by atoms with Gasteiger partial charge in [0.05, 0.1) is 6.61 Å². The average molecular weight is 236 g/mol. The van der Waals surface area contributed by atoms with Crippen molar-refractivity contribution in [3.63, 3.8) is 0 Å². The minimum Gasteiger partial charge on any atom is -0.394 e. The smallest absolute Gasteiger partial charge is 0.251 e. The van der Waals surface area contributed by atoms with Crippen LogP contribution in [0, 0.1) is 0 Å². The van der Waals surface area contributed by atoms with Crippen LogP contribution in [-0.2, 0) is 6.54 Å². The molecule has 0 spiro atoms. The normalized spacial score (nSPS) is 12.5. The average Bonchev–Trinajstić information content (AvgIpc) is 2.28. The monoisotopic (exact) mass is 236 g/mol. The van der Waals surface area contributed by atoms with E-state index in [-0.39, 0.29) is 18.6 Å². The molecular weight excluding hydrogens is 216 g/mol. The molecular formula is C13H20N2O2. The van der Waals surface area contributed by atoms with E-state index in [9.17, 15) is 4.79 Å². The van der Waals surface area contributed by atoms with Crippen LogP contribution in [0.25, 0.3) is 0 Å². The largest absolute Gasteiger partial charge is 0.394 e. The van der Waals surface area contributed by atoms with Crippen molar-refractivity contribution in [1.82, 2.24) is 10.2 Å². The molecule has 1 rings (SSSR count). The Kier molecular flexibility index (Phi) is 5.12. The summed E-state index contributed by atoms with van der Waals surface area (Å²) in [7, 11) is 4.01. The number of aliphatic hydroxyl groups excluding tert-OH is 1. The van der Waals surface area contributed by atoms with Crippen molar-refractivity contribution < 1.29 is 9.90 Å². The van der Waals surface area contributed by atoms with Gasteiger partial charge in [0.15, 0.2) is 0 Å². The van der Waals surface area contributed by atoms with Gasteiger partial charge in [0, 0.05) is 18.2 Å². The molecule has 1 amide bonds. The van der Waals surface area contributed by atoms with Crippen LogP contribution in [0.15, 0.2) is 24.3 Å². The molecule has 0 aromatic heterocycles. The summed E-state index contributed by atoms with van der Waals surface area (Å²) in [6.07, 6.45) is 0. The standard InChI is InChI=1S/C13H20N2O2/c1-10(9-16)14-13(17)12-6-4-11(5-7-12)8-15(2)3/h4-7,10,16H,8-9H2,1-3H3,(H,14,17)/t10-/m0/s1. The summed E-state index contributed by atoms with van der Waals surface area (Å²) in [6.45, 7) is 2.57. The number of benzene rings is 1. The van der Waals surface area contributed by atoms with E-state index in [0.717, 1.165) is 6.54 Å². The molecule has 4 nitrogen and oxygen atoms in total. The van der Waals surface area contributed by atoms with Crippen LogP contribution in [0.1, 0.15) is 22.8 Å². The number of amides is 1. The quantitative estimate of drug-likeness (QED) is 0.797. The zero-order chi connectivity index (χ0) is 12.8. The molecule has 0 fully saturated rings. The number of hydrogen-bond acceptors (Lipinski definition) is 3. The fourth-order valence-corrected chi connectivity index (χ4v) is 1.48. The number of carbonyl (C=O) groups excluding carboxylic acids is 1. The van der Waals surface area contributed by atoms with Gasteiger partial charge in [0.1, 0.15) is 0 Å². The Morgan fingerprint density at radius 3 is 2.41 bits per heavy atom. The van der Waals surface area contributed by atoms with Crippen LogP contribution in [0.4, 0.5) is 0 Å². The van der Waals surface area contributed by atoms with Crippen LogP contribution in [0.5, 0.6) is 0 Å². The lowest BCUT2D eigenvalue weighted by molar-refractivity contribution is 0.0922. The molecule has 1 aromatic carbocycles. The SMILES string of the molecule is C[C@@H](CO)NC(=O)c1ccc(CN(C)C)cc1. The van der Waals surface area contributed by atoms with Gasteiger partial charge in [0.2, 0.25) is 0 Å². The Morgan fingerprint density at radius 2 is 1.94 bits per heavy atom. The highest BCUT2D eigenvalue weighted by molar-refractivity contribution is 5.94. The van der Waals surface area contributed by atoms with Crippen LogP contribution >= 0.6 is 0 Å². The van der Waals surface area contributed by atoms with E-state index >= 15 is 0 Å². The zero-order valence-corrected chi connectivity index (χ0v) is 10.6. The number of nitrogens with one attached hydrogen (secondary N) is 1. The lowest BCUT2D eigenvalue weighted by Gasteiger charge is -2.12. The minimum absolute atomic E-state index is 0.0511. The van der Waals surface area contributed by atoms with Gasteiger partial charge in [-0.2, -0.15) is 0 Å². The molecule has 0 heterocycles. The molecule has 2 N–H and O–H groups in total. The maximum absolute atomic E-state index is 11.7. The van der Waals surface area contributed by atoms with Gasteiger partial charge in [-0.15, -0.1) is 0 Å². The summed E-state index contributed by atoms with van der Waals surface area (Å²) < 4.78 is 0. The first-order chi connectivity index (χ1) is 8.02. The molecule has 0 saturated heterocycles. The van der Waals surface area contributed by atoms with E-state index in [4.69, 9.17) is 5.11 Å². The predicted molar refractivity (Wildman–Crippen MR) is 67.8 cm³/mol. The van der Waals surface area contributed by atoms with Crippen molar-refractivity contribution in [3.05, 3.63) is 35.4 Å². The third-order valence-corrected chi connectivity index (χ3v) is 2.37. The highest BCUT2D eigenvalue weighted by atomic mass is 16.3. The van der Waals surface area contributed by atoms with Gasteiger partial charge in [0.25, 0.3) is 5.91 Å². The van der Waals surface area contributed by atoms with Crippen molar-refractivity contribution in [2.45, 2.75) is 19.5 Å². The third-order valence-electron chi connectivity index (χ3n) is 2.37. The Morgan fingerprint density at radius 1 is 1.35 bits per heavy atom. The highest BCUT2D eigenvalue weighted by Crippen LogP contribution is 2.06. The molecule has 4 heteroatoms. The first-order valence-corrected chi connectivity index (χ1v) is 5.68. The van der Waals surface area contributed by atoms with Crippen LogP contribution in [0.2, 0.25) is 0 Å². The lowest BCUT2D eigenvalue weighted by atomic mass is 10.1. The molecule has 1 aromatic rings. The second kappa shape index (κ2) is 6.37. The summed E-state index contributed by atoms with van der Waals surface area (Å²) in [5.41, 5.74) is 1.79. The maximum atomic E-state index is 11.7. The van der Waals surface area contributed by atoms with E-state index in [1.807, 2.05) is 26.2 Å². The first kappa shape index (κ1) is 13.7. The van der Waals surface area contributed by atoms with Crippen molar-refractivity contribution in [1.29, 1.82) is 0 Å². The number of nitrogens with zero attached hydrogens (tertiary/aromatic N) is 1. The highest BCUT2D eigenvalue weighted by Gasteiger charge is 2.08. The van der Waals surface area contributed by atoms with Crippen molar-refractivity contribution in [2.75, 3.05) is 20.7 Å². The van der Waals surface area contributed by atoms with E-state index in [0.29, 0.717) is 5.56 Å². The summed E-state index contributed by atoms with van der Waals surface area (Å²) in [5.74, 6) is -0.150. The number of carbonyl (C=O) groups is 1. The van der Waals surface area contributed by atoms with Crippen LogP contribution in [0.3, 0.4) is 0 Å². The molecule has 17 heavy (non-hydrogen) atoms. The van der Waals surface area contributed by atoms with E-state index in [2.05, 4.69) is 10.2 Å². The van der Waals surface area contributed by atoms with Crippen LogP contribution < -0.4 is 5.32 Å². The number of rotatable bonds is 5. The molecule has 0 bridgehead atoms. The summed E-state index contributed by atoms with van der Waals surface area (Å²) in [6, 6.07) is 7.28. The third kappa shape index (κ3) is 4.54. The van der Waals surface area contributed by atoms with Gasteiger partial charge in [-0.3, -0.25) is 4.79 Å². The van der Waals surface area contributed by atoms with Crippen molar-refractivity contribution in [3.8, 4) is 0 Å². The van der Waals surface area contributed by atoms with Gasteiger partial charge in [-0.25, -0.2) is 0 Å². The molecule has 94 valence electrons. The second-order valence-electron chi connectivity index (χ2n) is 4.49. The Labute approximate surface area is 102 Å². The van der Waals surface area contributed by atoms with Gasteiger partial charge < -0.3 is 15.3 Å².